The van der Waals surface area contributed by atoms with Crippen LogP contribution in [0.25, 0.3) is 0 Å². The molecule has 4 heteroatoms. The Kier molecular flexibility index (Phi) is 8.86. The normalized spacial score (nSPS) is 24.7. The summed E-state index contributed by atoms with van der Waals surface area (Å²) in [7, 11) is 0. The van der Waals surface area contributed by atoms with E-state index in [9.17, 15) is 9.59 Å². The fraction of sp³-hybridized carbons (Fsp3) is 0.667. The van der Waals surface area contributed by atoms with Gasteiger partial charge >= 0.3 is 57.4 Å². The molecule has 0 radical (unpaired) electrons. The third-order valence-electron chi connectivity index (χ3n) is 2.97. The van der Waals surface area contributed by atoms with Crippen LogP contribution in [0.5, 0.6) is 0 Å². The third kappa shape index (κ3) is 5.23. The van der Waals surface area contributed by atoms with Crippen LogP contribution in [0.1, 0.15) is 40.5 Å². The predicted molar refractivity (Wildman–Crippen MR) is 58.6 cm³/mol. The largest absolute Gasteiger partial charge is 1.00 e. The van der Waals surface area contributed by atoms with Crippen LogP contribution in [0.15, 0.2) is 12.2 Å². The van der Waals surface area contributed by atoms with Gasteiger partial charge in [0, 0.05) is 18.8 Å². The molecule has 0 aliphatic heterocycles. The van der Waals surface area contributed by atoms with Crippen molar-refractivity contribution in [3.05, 3.63) is 12.2 Å². The van der Waals surface area contributed by atoms with Gasteiger partial charge in [0.25, 0.3) is 0 Å². The van der Waals surface area contributed by atoms with Gasteiger partial charge in [0.05, 0.1) is 0 Å². The Morgan fingerprint density at radius 1 is 1.56 bits per heavy atom. The van der Waals surface area contributed by atoms with E-state index in [0.717, 1.165) is 12.8 Å². The van der Waals surface area contributed by atoms with Gasteiger partial charge in [-0.25, -0.2) is 0 Å². The number of allylic oxidation sites excluding steroid dienone is 2. The Balaban J connectivity index is 0. The Morgan fingerprint density at radius 3 is 2.81 bits per heavy atom. The number of carbonyl (C=O) groups is 2. The standard InChI is InChI=1S/C12H18O3.K.H/c1-2-3-4-5-10-9(8-12(14)15)6-7-11(10)13;;/h3-4,9-10H,2,5-8H2,1H3,(H,14,15);;/q;+1;-1/b4-3-;;/t9-,10-;;/m0../s1. The molecule has 0 aromatic rings. The summed E-state index contributed by atoms with van der Waals surface area (Å²) in [6.45, 7) is 2.04. The molecule has 1 saturated carbocycles. The SMILES string of the molecule is CC/C=C\C[C@@H]1C(=O)CC[C@H]1CC(=O)O.[H-].[K+]. The first kappa shape index (κ1) is 16.5. The zero-order valence-electron chi connectivity index (χ0n) is 11.1. The van der Waals surface area contributed by atoms with E-state index >= 15 is 0 Å². The quantitative estimate of drug-likeness (QED) is 0.530. The van der Waals surface area contributed by atoms with Crippen molar-refractivity contribution < 1.29 is 67.5 Å². The van der Waals surface area contributed by atoms with Crippen molar-refractivity contribution in [1.82, 2.24) is 0 Å². The number of carboxylic acid groups (broad SMARTS) is 1. The van der Waals surface area contributed by atoms with Gasteiger partial charge in [0.15, 0.2) is 0 Å². The van der Waals surface area contributed by atoms with E-state index < -0.39 is 5.97 Å². The van der Waals surface area contributed by atoms with Crippen molar-refractivity contribution in [2.24, 2.45) is 11.8 Å². The number of carboxylic acids is 1. The second-order valence-electron chi connectivity index (χ2n) is 4.08. The van der Waals surface area contributed by atoms with E-state index in [0.29, 0.717) is 12.8 Å². The van der Waals surface area contributed by atoms with Crippen LogP contribution in [-0.4, -0.2) is 16.9 Å². The molecule has 0 unspecified atom stereocenters. The molecule has 0 heterocycles. The first-order valence-corrected chi connectivity index (χ1v) is 5.54. The second-order valence-corrected chi connectivity index (χ2v) is 4.08. The molecule has 0 aromatic heterocycles. The van der Waals surface area contributed by atoms with Gasteiger partial charge in [-0.05, 0) is 25.2 Å². The maximum absolute atomic E-state index is 11.5. The summed E-state index contributed by atoms with van der Waals surface area (Å²) in [6, 6.07) is 0. The number of aliphatic carboxylic acids is 1. The van der Waals surface area contributed by atoms with Gasteiger partial charge in [-0.2, -0.15) is 0 Å². The maximum Gasteiger partial charge on any atom is 1.00 e. The van der Waals surface area contributed by atoms with Gasteiger partial charge in [-0.15, -0.1) is 0 Å². The van der Waals surface area contributed by atoms with E-state index in [1.54, 1.807) is 0 Å². The molecule has 0 saturated heterocycles. The summed E-state index contributed by atoms with van der Waals surface area (Å²) < 4.78 is 0. The molecule has 1 rings (SSSR count). The average molecular weight is 250 g/mol. The zero-order valence-corrected chi connectivity index (χ0v) is 13.2. The summed E-state index contributed by atoms with van der Waals surface area (Å²) in [4.78, 5) is 22.1. The van der Waals surface area contributed by atoms with Crippen molar-refractivity contribution in [2.45, 2.75) is 39.0 Å². The molecule has 1 aliphatic carbocycles. The Bertz CT molecular complexity index is 279. The number of Topliss-reactive ketones (excluding diaryl/α,β-unsaturated/α-hetero) is 1. The van der Waals surface area contributed by atoms with Crippen molar-refractivity contribution in [2.75, 3.05) is 0 Å². The van der Waals surface area contributed by atoms with Crippen LogP contribution in [0, 0.1) is 11.8 Å². The molecule has 2 atom stereocenters. The zero-order chi connectivity index (χ0) is 11.3. The summed E-state index contributed by atoms with van der Waals surface area (Å²) >= 11 is 0. The van der Waals surface area contributed by atoms with E-state index in [4.69, 9.17) is 5.11 Å². The smallest absolute Gasteiger partial charge is 1.00 e. The Morgan fingerprint density at radius 2 is 2.25 bits per heavy atom. The minimum atomic E-state index is -0.792. The molecule has 0 spiro atoms. The molecule has 16 heavy (non-hydrogen) atoms. The first-order chi connectivity index (χ1) is 7.15. The molecule has 0 bridgehead atoms. The molecule has 0 aromatic carbocycles. The van der Waals surface area contributed by atoms with Crippen molar-refractivity contribution in [3.63, 3.8) is 0 Å². The summed E-state index contributed by atoms with van der Waals surface area (Å²) in [5, 5.41) is 8.72. The Hall–Kier alpha value is 0.516. The van der Waals surface area contributed by atoms with Crippen LogP contribution in [-0.2, 0) is 9.59 Å². The van der Waals surface area contributed by atoms with Gasteiger partial charge in [-0.1, -0.05) is 19.1 Å². The fourth-order valence-electron chi connectivity index (χ4n) is 2.18. The minimum absolute atomic E-state index is 0. The number of carbonyl (C=O) groups excluding carboxylic acids is 1. The molecule has 3 nitrogen and oxygen atoms in total. The summed E-state index contributed by atoms with van der Waals surface area (Å²) in [6.07, 6.45) is 7.15. The van der Waals surface area contributed by atoms with Crippen LogP contribution < -0.4 is 51.4 Å². The minimum Gasteiger partial charge on any atom is -1.00 e. The fourth-order valence-corrected chi connectivity index (χ4v) is 2.18. The van der Waals surface area contributed by atoms with Crippen molar-refractivity contribution in [1.29, 1.82) is 0 Å². The van der Waals surface area contributed by atoms with E-state index in [1.807, 2.05) is 19.1 Å². The number of hydrogen-bond donors (Lipinski definition) is 1. The second kappa shape index (κ2) is 8.58. The number of ketones is 1. The molecular formula is C12H19KO3. The summed E-state index contributed by atoms with van der Waals surface area (Å²) in [5.74, 6) is -0.554. The molecule has 86 valence electrons. The van der Waals surface area contributed by atoms with Gasteiger partial charge in [0.1, 0.15) is 5.78 Å². The topological polar surface area (TPSA) is 54.4 Å². The van der Waals surface area contributed by atoms with Gasteiger partial charge < -0.3 is 6.53 Å². The van der Waals surface area contributed by atoms with E-state index in [-0.39, 0.29) is 76.9 Å². The van der Waals surface area contributed by atoms with E-state index in [1.165, 1.54) is 0 Å². The maximum atomic E-state index is 11.5. The van der Waals surface area contributed by atoms with Crippen LogP contribution in [0.4, 0.5) is 0 Å². The molecular weight excluding hydrogens is 231 g/mol. The number of hydrogen-bond acceptors (Lipinski definition) is 2. The molecule has 1 fully saturated rings. The Labute approximate surface area is 141 Å². The average Bonchev–Trinajstić information content (AvgIpc) is 2.49. The van der Waals surface area contributed by atoms with E-state index in [2.05, 4.69) is 0 Å². The number of rotatable bonds is 5. The van der Waals surface area contributed by atoms with Crippen LogP contribution in [0.3, 0.4) is 0 Å². The molecule has 1 aliphatic rings. The first-order valence-electron chi connectivity index (χ1n) is 5.54. The molecule has 0 amide bonds. The predicted octanol–water partition coefficient (Wildman–Crippen LogP) is -0.471. The monoisotopic (exact) mass is 250 g/mol. The summed E-state index contributed by atoms with van der Waals surface area (Å²) in [5.41, 5.74) is 0. The van der Waals surface area contributed by atoms with Crippen molar-refractivity contribution >= 4 is 11.8 Å². The van der Waals surface area contributed by atoms with Crippen LogP contribution in [0.2, 0.25) is 0 Å². The van der Waals surface area contributed by atoms with Crippen LogP contribution >= 0.6 is 0 Å². The third-order valence-corrected chi connectivity index (χ3v) is 2.97. The van der Waals surface area contributed by atoms with Crippen molar-refractivity contribution in [3.8, 4) is 0 Å². The van der Waals surface area contributed by atoms with Gasteiger partial charge in [0.2, 0.25) is 0 Å². The van der Waals surface area contributed by atoms with Gasteiger partial charge in [-0.3, -0.25) is 9.59 Å². The molecule has 1 N–H and O–H groups in total.